The van der Waals surface area contributed by atoms with E-state index in [4.69, 9.17) is 26.2 Å². The molecule has 0 spiro atoms. The van der Waals surface area contributed by atoms with Gasteiger partial charge in [0.1, 0.15) is 23.4 Å². The van der Waals surface area contributed by atoms with Crippen LogP contribution >= 0.6 is 11.6 Å². The molecule has 142 valence electrons. The lowest BCUT2D eigenvalue weighted by molar-refractivity contribution is -0.156. The third kappa shape index (κ3) is 6.99. The highest BCUT2D eigenvalue weighted by Crippen LogP contribution is 2.25. The number of ether oxygens (including phenoxy) is 3. The third-order valence-corrected chi connectivity index (χ3v) is 3.52. The third-order valence-electron chi connectivity index (χ3n) is 3.27. The van der Waals surface area contributed by atoms with E-state index in [1.165, 1.54) is 0 Å². The highest BCUT2D eigenvalue weighted by atomic mass is 35.5. The van der Waals surface area contributed by atoms with Crippen molar-refractivity contribution in [1.82, 2.24) is 0 Å². The fourth-order valence-electron chi connectivity index (χ4n) is 2.00. The van der Waals surface area contributed by atoms with Gasteiger partial charge in [0.05, 0.1) is 6.42 Å². The second-order valence-electron chi connectivity index (χ2n) is 5.55. The minimum atomic E-state index is -1.65. The average Bonchev–Trinajstić information content (AvgIpc) is 2.63. The summed E-state index contributed by atoms with van der Waals surface area (Å²) in [6.45, 7) is 0.857. The molecule has 0 aliphatic heterocycles. The normalized spacial score (nSPS) is 11.3. The Balaban J connectivity index is 1.81. The molecule has 0 aliphatic rings. The quantitative estimate of drug-likeness (QED) is 0.515. The number of rotatable bonds is 9. The van der Waals surface area contributed by atoms with Crippen molar-refractivity contribution in [2.24, 2.45) is 0 Å². The van der Waals surface area contributed by atoms with Crippen molar-refractivity contribution in [2.75, 3.05) is 6.61 Å². The van der Waals surface area contributed by atoms with E-state index < -0.39 is 30.4 Å². The van der Waals surface area contributed by atoms with Crippen LogP contribution in [0.15, 0.2) is 48.5 Å². The molecule has 0 saturated heterocycles. The Bertz CT molecular complexity index is 800. The van der Waals surface area contributed by atoms with Crippen LogP contribution in [0.4, 0.5) is 0 Å². The first kappa shape index (κ1) is 20.3. The Morgan fingerprint density at radius 2 is 1.48 bits per heavy atom. The number of carboxylic acids is 1. The molecule has 2 aromatic carbocycles. The van der Waals surface area contributed by atoms with Crippen molar-refractivity contribution in [1.29, 1.82) is 0 Å². The molecule has 1 unspecified atom stereocenters. The number of carbonyl (C=O) groups is 3. The fourth-order valence-corrected chi connectivity index (χ4v) is 2.13. The van der Waals surface area contributed by atoms with Crippen LogP contribution in [0.5, 0.6) is 17.2 Å². The molecule has 0 heterocycles. The molecule has 27 heavy (non-hydrogen) atoms. The second-order valence-corrected chi connectivity index (χ2v) is 5.99. The van der Waals surface area contributed by atoms with Crippen LogP contribution in [0.3, 0.4) is 0 Å². The summed E-state index contributed by atoms with van der Waals surface area (Å²) in [7, 11) is 0. The van der Waals surface area contributed by atoms with E-state index in [2.05, 4.69) is 4.74 Å². The number of carbonyl (C=O) groups excluding carboxylic acids is 2. The molecule has 0 radical (unpaired) electrons. The summed E-state index contributed by atoms with van der Waals surface area (Å²) in [5, 5.41) is 9.03. The number of hydrogen-bond donors (Lipinski definition) is 1. The van der Waals surface area contributed by atoms with Crippen molar-refractivity contribution in [3.8, 4) is 17.2 Å². The van der Waals surface area contributed by atoms with E-state index in [9.17, 15) is 14.4 Å². The zero-order chi connectivity index (χ0) is 19.8. The van der Waals surface area contributed by atoms with Gasteiger partial charge in [-0.05, 0) is 55.5 Å². The molecule has 0 aliphatic carbocycles. The molecule has 0 fully saturated rings. The van der Waals surface area contributed by atoms with E-state index in [1.54, 1.807) is 55.5 Å². The number of hydrogen-bond acceptors (Lipinski definition) is 6. The highest BCUT2D eigenvalue weighted by molar-refractivity contribution is 6.33. The first-order valence-corrected chi connectivity index (χ1v) is 8.33. The number of ketones is 1. The maximum Gasteiger partial charge on any atom is 0.375 e. The highest BCUT2D eigenvalue weighted by Gasteiger charge is 2.17. The first-order valence-electron chi connectivity index (χ1n) is 7.95. The van der Waals surface area contributed by atoms with Crippen LogP contribution in [0, 0.1) is 0 Å². The van der Waals surface area contributed by atoms with Gasteiger partial charge in [0.25, 0.3) is 5.78 Å². The lowest BCUT2D eigenvalue weighted by Gasteiger charge is -2.14. The number of carboxylic acid groups (broad SMARTS) is 1. The summed E-state index contributed by atoms with van der Waals surface area (Å²) >= 11 is 5.82. The lowest BCUT2D eigenvalue weighted by Crippen LogP contribution is -2.24. The number of Topliss-reactive ketones (excluding diaryl/α,β-unsaturated/α-hetero) is 1. The number of esters is 1. The average molecular weight is 393 g/mol. The molecule has 2 aromatic rings. The maximum atomic E-state index is 11.6. The van der Waals surface area contributed by atoms with Gasteiger partial charge in [-0.2, -0.15) is 0 Å². The summed E-state index contributed by atoms with van der Waals surface area (Å²) < 4.78 is 15.8. The molecule has 0 bridgehead atoms. The van der Waals surface area contributed by atoms with Crippen molar-refractivity contribution >= 4 is 29.3 Å². The molecule has 0 saturated carbocycles. The molecule has 1 N–H and O–H groups in total. The van der Waals surface area contributed by atoms with Gasteiger partial charge in [-0.1, -0.05) is 11.6 Å². The Labute approximate surface area is 160 Å². The van der Waals surface area contributed by atoms with E-state index in [1.807, 2.05) is 0 Å². The van der Waals surface area contributed by atoms with Crippen LogP contribution < -0.4 is 9.47 Å². The zero-order valence-electron chi connectivity index (χ0n) is 14.4. The molecule has 0 aromatic heterocycles. The lowest BCUT2D eigenvalue weighted by atomic mass is 10.2. The van der Waals surface area contributed by atoms with Crippen LogP contribution in [0.2, 0.25) is 5.02 Å². The van der Waals surface area contributed by atoms with Gasteiger partial charge in [-0.3, -0.25) is 9.59 Å². The van der Waals surface area contributed by atoms with Gasteiger partial charge < -0.3 is 19.3 Å². The van der Waals surface area contributed by atoms with Gasteiger partial charge in [-0.15, -0.1) is 0 Å². The van der Waals surface area contributed by atoms with Crippen LogP contribution in [-0.4, -0.2) is 35.5 Å². The Hall–Kier alpha value is -3.06. The topological polar surface area (TPSA) is 99.1 Å². The summed E-state index contributed by atoms with van der Waals surface area (Å²) in [6.07, 6.45) is -0.656. The number of aliphatic carboxylic acids is 1. The van der Waals surface area contributed by atoms with Gasteiger partial charge in [0.2, 0.25) is 0 Å². The van der Waals surface area contributed by atoms with Crippen molar-refractivity contribution in [3.05, 3.63) is 53.6 Å². The predicted molar refractivity (Wildman–Crippen MR) is 96.3 cm³/mol. The van der Waals surface area contributed by atoms with Crippen molar-refractivity contribution in [2.45, 2.75) is 19.4 Å². The molecule has 1 atom stereocenters. The number of benzene rings is 2. The molecular formula is C19H17ClO7. The number of halogens is 1. The smallest absolute Gasteiger partial charge is 0.375 e. The molecule has 0 amide bonds. The van der Waals surface area contributed by atoms with Crippen molar-refractivity contribution < 1.29 is 33.7 Å². The minimum absolute atomic E-state index is 0.129. The minimum Gasteiger partial charge on any atom is -0.490 e. The molecule has 2 rings (SSSR count). The van der Waals surface area contributed by atoms with E-state index in [0.717, 1.165) is 0 Å². The van der Waals surface area contributed by atoms with Crippen LogP contribution in [0.1, 0.15) is 13.3 Å². The van der Waals surface area contributed by atoms with Crippen LogP contribution in [-0.2, 0) is 19.1 Å². The summed E-state index contributed by atoms with van der Waals surface area (Å²) in [5.74, 6) is -1.80. The van der Waals surface area contributed by atoms with Gasteiger partial charge in [-0.25, -0.2) is 4.79 Å². The van der Waals surface area contributed by atoms with Gasteiger partial charge in [0, 0.05) is 5.02 Å². The molecular weight excluding hydrogens is 376 g/mol. The zero-order valence-corrected chi connectivity index (χ0v) is 15.1. The van der Waals surface area contributed by atoms with Crippen molar-refractivity contribution in [3.63, 3.8) is 0 Å². The summed E-state index contributed by atoms with van der Waals surface area (Å²) in [4.78, 5) is 32.8. The van der Waals surface area contributed by atoms with Gasteiger partial charge in [0.15, 0.2) is 6.61 Å². The Morgan fingerprint density at radius 1 is 0.963 bits per heavy atom. The first-order chi connectivity index (χ1) is 12.8. The fraction of sp³-hybridized carbons (Fsp3) is 0.211. The Kier molecular flexibility index (Phi) is 7.19. The second kappa shape index (κ2) is 9.59. The molecule has 8 heteroatoms. The SMILES string of the molecule is CC(CC(=O)OCC(=O)C(=O)O)Oc1ccc(Oc2ccc(Cl)cc2)cc1. The van der Waals surface area contributed by atoms with E-state index >= 15 is 0 Å². The van der Waals surface area contributed by atoms with E-state index in [-0.39, 0.29) is 6.42 Å². The van der Waals surface area contributed by atoms with Gasteiger partial charge >= 0.3 is 11.9 Å². The Morgan fingerprint density at radius 3 is 2.04 bits per heavy atom. The summed E-state index contributed by atoms with van der Waals surface area (Å²) in [6, 6.07) is 13.7. The monoisotopic (exact) mass is 392 g/mol. The maximum absolute atomic E-state index is 11.6. The summed E-state index contributed by atoms with van der Waals surface area (Å²) in [5.41, 5.74) is 0. The van der Waals surface area contributed by atoms with E-state index in [0.29, 0.717) is 22.3 Å². The molecule has 7 nitrogen and oxygen atoms in total. The predicted octanol–water partition coefficient (Wildman–Crippen LogP) is 3.49. The standard InChI is InChI=1S/C19H17ClO7/c1-12(10-18(22)25-11-17(21)19(23)24)26-14-6-8-16(9-7-14)27-15-4-2-13(20)3-5-15/h2-9,12H,10-11H2,1H3,(H,23,24). The largest absolute Gasteiger partial charge is 0.490 e. The van der Waals surface area contributed by atoms with Crippen LogP contribution in [0.25, 0.3) is 0 Å².